The summed E-state index contributed by atoms with van der Waals surface area (Å²) in [5.41, 5.74) is 2.21. The summed E-state index contributed by atoms with van der Waals surface area (Å²) >= 11 is 0. The van der Waals surface area contributed by atoms with Crippen molar-refractivity contribution in [2.45, 2.75) is 12.8 Å². The van der Waals surface area contributed by atoms with E-state index >= 15 is 0 Å². The number of nitrogens with one attached hydrogen (secondary N) is 1. The fourth-order valence-corrected chi connectivity index (χ4v) is 3.67. The number of nitrogens with zero attached hydrogens (tertiary/aromatic N) is 3. The van der Waals surface area contributed by atoms with Gasteiger partial charge in [0.05, 0.1) is 0 Å². The standard InChI is InChI=1S/C22H30N4O2/c1-24(2)13-6-12-23-19-11-10-18-20-16(19)8-5-9-17(20)21(27)26(22(18)28)15-7-14-25(3)4/h5,8-11,23H,6-7,12-15H2,1-4H3. The summed E-state index contributed by atoms with van der Waals surface area (Å²) in [5, 5.41) is 5.18. The molecular formula is C22H30N4O2. The molecule has 1 N–H and O–H groups in total. The van der Waals surface area contributed by atoms with Crippen LogP contribution in [0, 0.1) is 0 Å². The van der Waals surface area contributed by atoms with Gasteiger partial charge in [0.1, 0.15) is 0 Å². The molecule has 28 heavy (non-hydrogen) atoms. The number of anilines is 1. The molecule has 3 rings (SSSR count). The predicted octanol–water partition coefficient (Wildman–Crippen LogP) is 2.75. The Morgan fingerprint density at radius 3 is 2.18 bits per heavy atom. The van der Waals surface area contributed by atoms with Gasteiger partial charge in [-0.2, -0.15) is 0 Å². The van der Waals surface area contributed by atoms with Gasteiger partial charge in [-0.3, -0.25) is 14.5 Å². The molecule has 6 heteroatoms. The first kappa shape index (κ1) is 20.3. The van der Waals surface area contributed by atoms with Crippen LogP contribution in [0.3, 0.4) is 0 Å². The van der Waals surface area contributed by atoms with Gasteiger partial charge in [-0.05, 0) is 72.3 Å². The number of hydrogen-bond acceptors (Lipinski definition) is 5. The Kier molecular flexibility index (Phi) is 6.31. The van der Waals surface area contributed by atoms with E-state index in [1.54, 1.807) is 0 Å². The number of carbonyl (C=O) groups excluding carboxylic acids is 2. The number of hydrogen-bond donors (Lipinski definition) is 1. The molecule has 2 aromatic rings. The first-order valence-corrected chi connectivity index (χ1v) is 9.85. The topological polar surface area (TPSA) is 55.9 Å². The highest BCUT2D eigenvalue weighted by Gasteiger charge is 2.32. The molecule has 0 saturated carbocycles. The number of imide groups is 1. The minimum Gasteiger partial charge on any atom is -0.384 e. The van der Waals surface area contributed by atoms with Crippen molar-refractivity contribution in [1.29, 1.82) is 0 Å². The van der Waals surface area contributed by atoms with E-state index in [1.165, 1.54) is 4.90 Å². The van der Waals surface area contributed by atoms with Crippen LogP contribution < -0.4 is 5.32 Å². The zero-order valence-corrected chi connectivity index (χ0v) is 17.3. The van der Waals surface area contributed by atoms with Crippen LogP contribution in [-0.4, -0.2) is 80.9 Å². The van der Waals surface area contributed by atoms with Gasteiger partial charge in [0, 0.05) is 40.7 Å². The summed E-state index contributed by atoms with van der Waals surface area (Å²) in [6.07, 6.45) is 1.79. The van der Waals surface area contributed by atoms with Crippen molar-refractivity contribution in [3.8, 4) is 0 Å². The minimum atomic E-state index is -0.188. The molecule has 0 aliphatic carbocycles. The zero-order valence-electron chi connectivity index (χ0n) is 17.3. The molecule has 0 saturated heterocycles. The first-order chi connectivity index (χ1) is 13.4. The quantitative estimate of drug-likeness (QED) is 0.534. The molecule has 0 unspecified atom stereocenters. The molecule has 0 atom stereocenters. The van der Waals surface area contributed by atoms with Crippen molar-refractivity contribution in [1.82, 2.24) is 14.7 Å². The van der Waals surface area contributed by atoms with Crippen LogP contribution in [0.1, 0.15) is 33.6 Å². The lowest BCUT2D eigenvalue weighted by atomic mass is 9.93. The van der Waals surface area contributed by atoms with Crippen molar-refractivity contribution in [2.75, 3.05) is 59.7 Å². The molecule has 1 heterocycles. The third-order valence-electron chi connectivity index (χ3n) is 5.08. The highest BCUT2D eigenvalue weighted by atomic mass is 16.2. The molecule has 0 bridgehead atoms. The Hall–Kier alpha value is -2.44. The molecule has 1 aliphatic heterocycles. The number of carbonyl (C=O) groups is 2. The fourth-order valence-electron chi connectivity index (χ4n) is 3.67. The molecule has 2 amide bonds. The Bertz CT molecular complexity index is 854. The molecule has 1 aliphatic rings. The minimum absolute atomic E-state index is 0.188. The van der Waals surface area contributed by atoms with Gasteiger partial charge in [0.2, 0.25) is 0 Å². The Balaban J connectivity index is 1.87. The lowest BCUT2D eigenvalue weighted by Crippen LogP contribution is -2.41. The van der Waals surface area contributed by atoms with Gasteiger partial charge in [-0.25, -0.2) is 0 Å². The molecule has 6 nitrogen and oxygen atoms in total. The molecule has 0 radical (unpaired) electrons. The van der Waals surface area contributed by atoms with Crippen LogP contribution in [0.25, 0.3) is 10.8 Å². The maximum Gasteiger partial charge on any atom is 0.261 e. The smallest absolute Gasteiger partial charge is 0.261 e. The van der Waals surface area contributed by atoms with Crippen molar-refractivity contribution in [3.63, 3.8) is 0 Å². The lowest BCUT2D eigenvalue weighted by molar-refractivity contribution is 0.0606. The normalized spacial score (nSPS) is 13.9. The van der Waals surface area contributed by atoms with Crippen LogP contribution in [0.4, 0.5) is 5.69 Å². The van der Waals surface area contributed by atoms with Crippen molar-refractivity contribution >= 4 is 28.3 Å². The van der Waals surface area contributed by atoms with E-state index in [9.17, 15) is 9.59 Å². The third-order valence-corrected chi connectivity index (χ3v) is 5.08. The van der Waals surface area contributed by atoms with Crippen molar-refractivity contribution < 1.29 is 9.59 Å². The Labute approximate surface area is 167 Å². The van der Waals surface area contributed by atoms with Crippen LogP contribution >= 0.6 is 0 Å². The van der Waals surface area contributed by atoms with Crippen LogP contribution in [0.2, 0.25) is 0 Å². The maximum absolute atomic E-state index is 13.0. The van der Waals surface area contributed by atoms with E-state index in [-0.39, 0.29) is 11.8 Å². The summed E-state index contributed by atoms with van der Waals surface area (Å²) in [7, 11) is 8.10. The van der Waals surface area contributed by atoms with Gasteiger partial charge in [-0.15, -0.1) is 0 Å². The second kappa shape index (κ2) is 8.71. The summed E-state index contributed by atoms with van der Waals surface area (Å²) in [6, 6.07) is 9.53. The zero-order chi connectivity index (χ0) is 20.3. The monoisotopic (exact) mass is 382 g/mol. The molecule has 0 aromatic heterocycles. The van der Waals surface area contributed by atoms with Crippen LogP contribution in [-0.2, 0) is 0 Å². The van der Waals surface area contributed by atoms with Crippen LogP contribution in [0.15, 0.2) is 30.3 Å². The van der Waals surface area contributed by atoms with E-state index < -0.39 is 0 Å². The maximum atomic E-state index is 13.0. The van der Waals surface area contributed by atoms with E-state index in [4.69, 9.17) is 0 Å². The summed E-state index contributed by atoms with van der Waals surface area (Å²) < 4.78 is 0. The van der Waals surface area contributed by atoms with E-state index in [1.807, 2.05) is 44.4 Å². The average Bonchev–Trinajstić information content (AvgIpc) is 2.66. The predicted molar refractivity (Wildman–Crippen MR) is 114 cm³/mol. The van der Waals surface area contributed by atoms with Crippen molar-refractivity contribution in [2.24, 2.45) is 0 Å². The number of rotatable bonds is 9. The van der Waals surface area contributed by atoms with Crippen molar-refractivity contribution in [3.05, 3.63) is 41.5 Å². The fraction of sp³-hybridized carbons (Fsp3) is 0.455. The summed E-state index contributed by atoms with van der Waals surface area (Å²) in [4.78, 5) is 31.6. The highest BCUT2D eigenvalue weighted by molar-refractivity contribution is 6.26. The molecule has 2 aromatic carbocycles. The SMILES string of the molecule is CN(C)CCCNc1ccc2c3c(cccc13)C(=O)N(CCCN(C)C)C2=O. The first-order valence-electron chi connectivity index (χ1n) is 9.85. The Morgan fingerprint density at radius 2 is 1.50 bits per heavy atom. The molecular weight excluding hydrogens is 352 g/mol. The highest BCUT2D eigenvalue weighted by Crippen LogP contribution is 2.34. The van der Waals surface area contributed by atoms with Gasteiger partial charge >= 0.3 is 0 Å². The van der Waals surface area contributed by atoms with Gasteiger partial charge in [-0.1, -0.05) is 12.1 Å². The second-order valence-corrected chi connectivity index (χ2v) is 7.89. The lowest BCUT2D eigenvalue weighted by Gasteiger charge is -2.28. The van der Waals surface area contributed by atoms with Gasteiger partial charge in [0.15, 0.2) is 0 Å². The largest absolute Gasteiger partial charge is 0.384 e. The second-order valence-electron chi connectivity index (χ2n) is 7.89. The van der Waals surface area contributed by atoms with Gasteiger partial charge < -0.3 is 15.1 Å². The molecule has 150 valence electrons. The average molecular weight is 383 g/mol. The third kappa shape index (κ3) is 4.18. The number of amides is 2. The Morgan fingerprint density at radius 1 is 0.857 bits per heavy atom. The van der Waals surface area contributed by atoms with E-state index in [0.29, 0.717) is 17.7 Å². The number of benzene rings is 2. The van der Waals surface area contributed by atoms with Gasteiger partial charge in [0.25, 0.3) is 11.8 Å². The molecule has 0 spiro atoms. The van der Waals surface area contributed by atoms with E-state index in [2.05, 4.69) is 29.2 Å². The van der Waals surface area contributed by atoms with E-state index in [0.717, 1.165) is 48.9 Å². The van der Waals surface area contributed by atoms with Crippen LogP contribution in [0.5, 0.6) is 0 Å². The summed E-state index contributed by atoms with van der Waals surface area (Å²) in [5.74, 6) is -0.377. The molecule has 0 fully saturated rings. The summed E-state index contributed by atoms with van der Waals surface area (Å²) in [6.45, 7) is 3.13.